The van der Waals surface area contributed by atoms with Gasteiger partial charge >= 0.3 is 0 Å². The topological polar surface area (TPSA) is 34.4 Å². The summed E-state index contributed by atoms with van der Waals surface area (Å²) in [5.74, 6) is 1.86. The molecule has 12 heavy (non-hydrogen) atoms. The van der Waals surface area contributed by atoms with Crippen LogP contribution in [0.4, 0.5) is 0 Å². The molecule has 1 aromatic rings. The fourth-order valence-electron chi connectivity index (χ4n) is 1.14. The van der Waals surface area contributed by atoms with E-state index < -0.39 is 0 Å². The molecule has 2 rings (SSSR count). The lowest BCUT2D eigenvalue weighted by molar-refractivity contribution is -0.000319. The molecular formula is C9H13NO2. The van der Waals surface area contributed by atoms with Gasteiger partial charge in [0.2, 0.25) is 0 Å². The van der Waals surface area contributed by atoms with Crippen LogP contribution in [-0.4, -0.2) is 19.2 Å². The van der Waals surface area contributed by atoms with Crippen molar-refractivity contribution in [3.8, 4) is 0 Å². The van der Waals surface area contributed by atoms with Gasteiger partial charge in [-0.05, 0) is 19.1 Å². The Morgan fingerprint density at radius 2 is 2.42 bits per heavy atom. The molecule has 3 nitrogen and oxygen atoms in total. The third-order valence-electron chi connectivity index (χ3n) is 2.00. The molecule has 0 saturated carbocycles. The summed E-state index contributed by atoms with van der Waals surface area (Å²) in [4.78, 5) is 0. The van der Waals surface area contributed by atoms with Gasteiger partial charge in [0.15, 0.2) is 0 Å². The zero-order valence-corrected chi connectivity index (χ0v) is 7.17. The van der Waals surface area contributed by atoms with Crippen molar-refractivity contribution < 1.29 is 9.15 Å². The van der Waals surface area contributed by atoms with E-state index in [1.807, 2.05) is 19.1 Å². The Labute approximate surface area is 71.7 Å². The summed E-state index contributed by atoms with van der Waals surface area (Å²) in [6.07, 6.45) is 0.385. The van der Waals surface area contributed by atoms with Crippen LogP contribution in [0.1, 0.15) is 11.5 Å². The van der Waals surface area contributed by atoms with E-state index in [9.17, 15) is 0 Å². The molecule has 0 unspecified atom stereocenters. The molecule has 1 saturated heterocycles. The predicted octanol–water partition coefficient (Wildman–Crippen LogP) is 1.08. The first-order valence-electron chi connectivity index (χ1n) is 4.22. The van der Waals surface area contributed by atoms with Crippen LogP contribution in [0.5, 0.6) is 0 Å². The fourth-order valence-corrected chi connectivity index (χ4v) is 1.14. The Morgan fingerprint density at radius 3 is 2.92 bits per heavy atom. The van der Waals surface area contributed by atoms with Gasteiger partial charge < -0.3 is 14.5 Å². The Bertz CT molecular complexity index is 253. The molecular weight excluding hydrogens is 154 g/mol. The lowest BCUT2D eigenvalue weighted by Gasteiger charge is -2.26. The summed E-state index contributed by atoms with van der Waals surface area (Å²) >= 11 is 0. The van der Waals surface area contributed by atoms with Gasteiger partial charge in [-0.25, -0.2) is 0 Å². The van der Waals surface area contributed by atoms with Crippen LogP contribution >= 0.6 is 0 Å². The molecule has 3 heteroatoms. The highest BCUT2D eigenvalue weighted by atomic mass is 16.5. The van der Waals surface area contributed by atoms with E-state index >= 15 is 0 Å². The van der Waals surface area contributed by atoms with Crippen molar-refractivity contribution in [3.63, 3.8) is 0 Å². The molecule has 0 aromatic carbocycles. The normalized spacial score (nSPS) is 17.8. The molecule has 1 aliphatic heterocycles. The lowest BCUT2D eigenvalue weighted by atomic mass is 10.2. The van der Waals surface area contributed by atoms with E-state index in [4.69, 9.17) is 9.15 Å². The summed E-state index contributed by atoms with van der Waals surface area (Å²) in [5, 5.41) is 3.15. The van der Waals surface area contributed by atoms with Crippen molar-refractivity contribution >= 4 is 0 Å². The van der Waals surface area contributed by atoms with E-state index in [-0.39, 0.29) is 0 Å². The van der Waals surface area contributed by atoms with E-state index in [1.165, 1.54) is 0 Å². The Kier molecular flexibility index (Phi) is 2.15. The first-order chi connectivity index (χ1) is 5.84. The smallest absolute Gasteiger partial charge is 0.129 e. The summed E-state index contributed by atoms with van der Waals surface area (Å²) in [5.41, 5.74) is 0. The molecule has 0 aliphatic carbocycles. The quantitative estimate of drug-likeness (QED) is 0.731. The van der Waals surface area contributed by atoms with Crippen LogP contribution in [0.3, 0.4) is 0 Å². The van der Waals surface area contributed by atoms with Gasteiger partial charge in [0.25, 0.3) is 0 Å². The van der Waals surface area contributed by atoms with E-state index in [0.29, 0.717) is 12.7 Å². The number of furan rings is 1. The number of hydrogen-bond acceptors (Lipinski definition) is 3. The molecule has 0 bridgehead atoms. The second-order valence-corrected chi connectivity index (χ2v) is 3.10. The molecule has 1 aliphatic rings. The van der Waals surface area contributed by atoms with Gasteiger partial charge in [-0.2, -0.15) is 0 Å². The maximum atomic E-state index is 5.52. The van der Waals surface area contributed by atoms with E-state index in [1.54, 1.807) is 0 Å². The largest absolute Gasteiger partial charge is 0.464 e. The summed E-state index contributed by atoms with van der Waals surface area (Å²) < 4.78 is 10.9. The maximum Gasteiger partial charge on any atom is 0.129 e. The zero-order chi connectivity index (χ0) is 8.39. The molecule has 1 aromatic heterocycles. The van der Waals surface area contributed by atoms with Gasteiger partial charge in [0, 0.05) is 13.1 Å². The summed E-state index contributed by atoms with van der Waals surface area (Å²) in [6.45, 7) is 4.48. The van der Waals surface area contributed by atoms with Crippen LogP contribution in [0.15, 0.2) is 16.5 Å². The van der Waals surface area contributed by atoms with Gasteiger partial charge in [-0.15, -0.1) is 0 Å². The Balaban J connectivity index is 1.79. The second-order valence-electron chi connectivity index (χ2n) is 3.10. The van der Waals surface area contributed by atoms with E-state index in [2.05, 4.69) is 5.32 Å². The molecule has 2 heterocycles. The zero-order valence-electron chi connectivity index (χ0n) is 7.17. The van der Waals surface area contributed by atoms with Crippen molar-refractivity contribution in [2.24, 2.45) is 0 Å². The third-order valence-corrected chi connectivity index (χ3v) is 2.00. The molecule has 66 valence electrons. The monoisotopic (exact) mass is 167 g/mol. The molecule has 0 radical (unpaired) electrons. The lowest BCUT2D eigenvalue weighted by Crippen LogP contribution is -2.48. The second kappa shape index (κ2) is 3.29. The van der Waals surface area contributed by atoms with Gasteiger partial charge in [0.05, 0.1) is 6.10 Å². The SMILES string of the molecule is Cc1ccc(COC2CNC2)o1. The molecule has 1 fully saturated rings. The number of rotatable bonds is 3. The van der Waals surface area contributed by atoms with Gasteiger partial charge in [-0.3, -0.25) is 0 Å². The van der Waals surface area contributed by atoms with Crippen LogP contribution in [0.25, 0.3) is 0 Å². The first-order valence-corrected chi connectivity index (χ1v) is 4.22. The molecule has 0 atom stereocenters. The standard InChI is InChI=1S/C9H13NO2/c1-7-2-3-8(12-7)6-11-9-4-10-5-9/h2-3,9-10H,4-6H2,1H3. The average molecular weight is 167 g/mol. The highest BCUT2D eigenvalue weighted by molar-refractivity contribution is 5.04. The van der Waals surface area contributed by atoms with Gasteiger partial charge in [0.1, 0.15) is 18.1 Å². The van der Waals surface area contributed by atoms with Crippen LogP contribution in [-0.2, 0) is 11.3 Å². The average Bonchev–Trinajstić information content (AvgIpc) is 2.32. The van der Waals surface area contributed by atoms with Crippen molar-refractivity contribution in [3.05, 3.63) is 23.7 Å². The van der Waals surface area contributed by atoms with Gasteiger partial charge in [-0.1, -0.05) is 0 Å². The minimum atomic E-state index is 0.385. The number of aryl methyl sites for hydroxylation is 1. The Hall–Kier alpha value is -0.800. The molecule has 0 amide bonds. The van der Waals surface area contributed by atoms with Crippen LogP contribution in [0.2, 0.25) is 0 Å². The first kappa shape index (κ1) is 7.83. The summed E-state index contributed by atoms with van der Waals surface area (Å²) in [7, 11) is 0. The fraction of sp³-hybridized carbons (Fsp3) is 0.556. The molecule has 0 spiro atoms. The number of ether oxygens (including phenoxy) is 1. The minimum Gasteiger partial charge on any atom is -0.464 e. The highest BCUT2D eigenvalue weighted by Gasteiger charge is 2.17. The van der Waals surface area contributed by atoms with Crippen molar-refractivity contribution in [2.45, 2.75) is 19.6 Å². The summed E-state index contributed by atoms with van der Waals surface area (Å²) in [6, 6.07) is 3.92. The van der Waals surface area contributed by atoms with E-state index in [0.717, 1.165) is 24.6 Å². The van der Waals surface area contributed by atoms with Crippen molar-refractivity contribution in [1.82, 2.24) is 5.32 Å². The van der Waals surface area contributed by atoms with Crippen molar-refractivity contribution in [1.29, 1.82) is 0 Å². The number of hydrogen-bond donors (Lipinski definition) is 1. The number of nitrogens with one attached hydrogen (secondary N) is 1. The van der Waals surface area contributed by atoms with Crippen molar-refractivity contribution in [2.75, 3.05) is 13.1 Å². The maximum absolute atomic E-state index is 5.52. The Morgan fingerprint density at radius 1 is 1.58 bits per heavy atom. The third kappa shape index (κ3) is 1.68. The van der Waals surface area contributed by atoms with Crippen LogP contribution in [0, 0.1) is 6.92 Å². The highest BCUT2D eigenvalue weighted by Crippen LogP contribution is 2.09. The van der Waals surface area contributed by atoms with Crippen LogP contribution < -0.4 is 5.32 Å². The minimum absolute atomic E-state index is 0.385. The predicted molar refractivity (Wildman–Crippen MR) is 44.9 cm³/mol. The molecule has 1 N–H and O–H groups in total.